The van der Waals surface area contributed by atoms with Gasteiger partial charge in [0.1, 0.15) is 5.75 Å². The summed E-state index contributed by atoms with van der Waals surface area (Å²) in [6.45, 7) is 0. The third kappa shape index (κ3) is 1.07. The molecule has 2 rings (SSSR count). The van der Waals surface area contributed by atoms with Gasteiger partial charge in [0.15, 0.2) is 11.5 Å². The number of fused-ring (bicyclic) bond motifs is 1. The van der Waals surface area contributed by atoms with E-state index < -0.39 is 5.75 Å². The van der Waals surface area contributed by atoms with Crippen LogP contribution in [-0.2, 0) is 6.42 Å². The van der Waals surface area contributed by atoms with Gasteiger partial charge in [-0.2, -0.15) is 0 Å². The van der Waals surface area contributed by atoms with Crippen molar-refractivity contribution < 1.29 is 20.1 Å². The molecular weight excluding hydrogens is 172 g/mol. The zero-order chi connectivity index (χ0) is 9.42. The van der Waals surface area contributed by atoms with Crippen molar-refractivity contribution in [3.8, 4) is 23.0 Å². The molecule has 3 N–H and O–H groups in total. The van der Waals surface area contributed by atoms with Crippen molar-refractivity contribution in [3.63, 3.8) is 0 Å². The van der Waals surface area contributed by atoms with E-state index in [2.05, 4.69) is 0 Å². The van der Waals surface area contributed by atoms with Gasteiger partial charge in [-0.1, -0.05) is 0 Å². The molecule has 0 bridgehead atoms. The molecule has 0 aromatic heterocycles. The first kappa shape index (κ1) is 7.79. The molecule has 0 saturated heterocycles. The van der Waals surface area contributed by atoms with E-state index in [1.54, 1.807) is 6.08 Å². The quantitative estimate of drug-likeness (QED) is 0.525. The fourth-order valence-electron chi connectivity index (χ4n) is 1.25. The second kappa shape index (κ2) is 2.58. The van der Waals surface area contributed by atoms with Gasteiger partial charge in [0.2, 0.25) is 5.75 Å². The van der Waals surface area contributed by atoms with Crippen molar-refractivity contribution in [1.82, 2.24) is 0 Å². The number of rotatable bonds is 0. The van der Waals surface area contributed by atoms with E-state index in [9.17, 15) is 10.2 Å². The minimum atomic E-state index is -0.502. The van der Waals surface area contributed by atoms with Gasteiger partial charge >= 0.3 is 0 Å². The van der Waals surface area contributed by atoms with Crippen LogP contribution < -0.4 is 4.74 Å². The van der Waals surface area contributed by atoms with Crippen molar-refractivity contribution in [2.45, 2.75) is 6.42 Å². The van der Waals surface area contributed by atoms with Crippen molar-refractivity contribution in [3.05, 3.63) is 24.0 Å². The zero-order valence-electron chi connectivity index (χ0n) is 6.69. The number of hydrogen-bond acceptors (Lipinski definition) is 4. The lowest BCUT2D eigenvalue weighted by molar-refractivity contribution is 0.356. The Morgan fingerprint density at radius 3 is 2.69 bits per heavy atom. The summed E-state index contributed by atoms with van der Waals surface area (Å²) in [5, 5.41) is 27.7. The molecule has 13 heavy (non-hydrogen) atoms. The van der Waals surface area contributed by atoms with Gasteiger partial charge in [-0.05, 0) is 6.08 Å². The summed E-state index contributed by atoms with van der Waals surface area (Å²) >= 11 is 0. The minimum absolute atomic E-state index is 0.320. The fraction of sp³-hybridized carbons (Fsp3) is 0.111. The zero-order valence-corrected chi connectivity index (χ0v) is 6.69. The Kier molecular flexibility index (Phi) is 1.55. The maximum absolute atomic E-state index is 9.40. The Morgan fingerprint density at radius 1 is 1.15 bits per heavy atom. The molecule has 0 saturated carbocycles. The number of allylic oxidation sites excluding steroid dienone is 1. The van der Waals surface area contributed by atoms with E-state index in [-0.39, 0.29) is 11.5 Å². The highest BCUT2D eigenvalue weighted by atomic mass is 16.5. The smallest absolute Gasteiger partial charge is 0.200 e. The Balaban J connectivity index is 2.64. The molecule has 1 heterocycles. The summed E-state index contributed by atoms with van der Waals surface area (Å²) in [5.74, 6) is -0.834. The summed E-state index contributed by atoms with van der Waals surface area (Å²) in [7, 11) is 0. The number of benzene rings is 1. The highest BCUT2D eigenvalue weighted by Crippen LogP contribution is 2.44. The molecule has 1 aromatic carbocycles. The van der Waals surface area contributed by atoms with Crippen molar-refractivity contribution >= 4 is 0 Å². The first-order valence-corrected chi connectivity index (χ1v) is 3.78. The van der Waals surface area contributed by atoms with E-state index in [1.165, 1.54) is 12.3 Å². The molecule has 0 aliphatic carbocycles. The normalized spacial score (nSPS) is 13.5. The lowest BCUT2D eigenvalue weighted by atomic mass is 10.1. The van der Waals surface area contributed by atoms with Crippen molar-refractivity contribution in [2.75, 3.05) is 0 Å². The van der Waals surface area contributed by atoms with Crippen LogP contribution >= 0.6 is 0 Å². The molecule has 4 nitrogen and oxygen atoms in total. The van der Waals surface area contributed by atoms with E-state index in [1.807, 2.05) is 0 Å². The van der Waals surface area contributed by atoms with Gasteiger partial charge in [-0.3, -0.25) is 0 Å². The number of hydrogen-bond donors (Lipinski definition) is 3. The van der Waals surface area contributed by atoms with Gasteiger partial charge in [0.05, 0.1) is 6.26 Å². The van der Waals surface area contributed by atoms with Crippen LogP contribution in [0, 0.1) is 0 Å². The molecule has 1 aromatic rings. The Hall–Kier alpha value is -1.84. The molecule has 0 amide bonds. The predicted molar refractivity (Wildman–Crippen MR) is 44.9 cm³/mol. The van der Waals surface area contributed by atoms with Gasteiger partial charge in [-0.25, -0.2) is 0 Å². The van der Waals surface area contributed by atoms with Crippen LogP contribution in [0.2, 0.25) is 0 Å². The maximum Gasteiger partial charge on any atom is 0.200 e. The second-order valence-corrected chi connectivity index (χ2v) is 2.76. The fourth-order valence-corrected chi connectivity index (χ4v) is 1.25. The number of phenolic OH excluding ortho intramolecular Hbond substituents is 3. The summed E-state index contributed by atoms with van der Waals surface area (Å²) in [6, 6.07) is 1.27. The van der Waals surface area contributed by atoms with Gasteiger partial charge < -0.3 is 20.1 Å². The van der Waals surface area contributed by atoms with Crippen LogP contribution in [0.5, 0.6) is 23.0 Å². The minimum Gasteiger partial charge on any atom is -0.504 e. The number of ether oxygens (including phenoxy) is 1. The maximum atomic E-state index is 9.40. The molecule has 0 fully saturated rings. The predicted octanol–water partition coefficient (Wildman–Crippen LogP) is 1.25. The monoisotopic (exact) mass is 180 g/mol. The topological polar surface area (TPSA) is 69.9 Å². The highest BCUT2D eigenvalue weighted by molar-refractivity contribution is 5.60. The average molecular weight is 180 g/mol. The summed E-state index contributed by atoms with van der Waals surface area (Å²) in [4.78, 5) is 0. The van der Waals surface area contributed by atoms with E-state index >= 15 is 0 Å². The Labute approximate surface area is 74.3 Å². The molecule has 1 aliphatic rings. The third-order valence-electron chi connectivity index (χ3n) is 1.93. The van der Waals surface area contributed by atoms with Crippen molar-refractivity contribution in [1.29, 1.82) is 0 Å². The van der Waals surface area contributed by atoms with Gasteiger partial charge in [-0.15, -0.1) is 0 Å². The van der Waals surface area contributed by atoms with Gasteiger partial charge in [0.25, 0.3) is 0 Å². The molecule has 4 heteroatoms. The SMILES string of the molecule is Oc1cc2c(c(O)c1O)CC=CO2. The molecule has 0 unspecified atom stereocenters. The molecular formula is C9H8O4. The van der Waals surface area contributed by atoms with Crippen LogP contribution in [0.15, 0.2) is 18.4 Å². The number of phenols is 3. The second-order valence-electron chi connectivity index (χ2n) is 2.76. The van der Waals surface area contributed by atoms with Gasteiger partial charge in [0, 0.05) is 18.1 Å². The molecule has 1 aliphatic heterocycles. The lowest BCUT2D eigenvalue weighted by Crippen LogP contribution is -1.96. The van der Waals surface area contributed by atoms with Crippen molar-refractivity contribution in [2.24, 2.45) is 0 Å². The first-order chi connectivity index (χ1) is 6.20. The third-order valence-corrected chi connectivity index (χ3v) is 1.93. The van der Waals surface area contributed by atoms with Crippen LogP contribution in [0.4, 0.5) is 0 Å². The molecule has 68 valence electrons. The first-order valence-electron chi connectivity index (χ1n) is 3.78. The van der Waals surface area contributed by atoms with Crippen LogP contribution in [0.3, 0.4) is 0 Å². The highest BCUT2D eigenvalue weighted by Gasteiger charge is 2.18. The van der Waals surface area contributed by atoms with E-state index in [4.69, 9.17) is 9.84 Å². The lowest BCUT2D eigenvalue weighted by Gasteiger charge is -2.14. The Bertz CT molecular complexity index is 382. The largest absolute Gasteiger partial charge is 0.504 e. The summed E-state index contributed by atoms with van der Waals surface area (Å²) in [5.41, 5.74) is 0.484. The summed E-state index contributed by atoms with van der Waals surface area (Å²) in [6.07, 6.45) is 3.66. The molecule has 0 spiro atoms. The average Bonchev–Trinajstić information content (AvgIpc) is 2.15. The van der Waals surface area contributed by atoms with Crippen LogP contribution in [0.1, 0.15) is 5.56 Å². The molecule has 0 radical (unpaired) electrons. The van der Waals surface area contributed by atoms with E-state index in [0.717, 1.165) is 0 Å². The summed E-state index contributed by atoms with van der Waals surface area (Å²) < 4.78 is 5.03. The van der Waals surface area contributed by atoms with Crippen LogP contribution in [0.25, 0.3) is 0 Å². The number of aromatic hydroxyl groups is 3. The van der Waals surface area contributed by atoms with E-state index in [0.29, 0.717) is 17.7 Å². The standard InChI is InChI=1S/C9H8O4/c10-6-4-7-5(2-1-3-13-7)8(11)9(6)12/h1,3-4,10-12H,2H2. The molecule has 0 atom stereocenters. The Morgan fingerprint density at radius 2 is 1.92 bits per heavy atom. The van der Waals surface area contributed by atoms with Crippen LogP contribution in [-0.4, -0.2) is 15.3 Å².